The molecular weight excluding hydrogens is 243 g/mol. The Hall–Kier alpha value is -2.62. The minimum Gasteiger partial charge on any atom is -0.354 e. The van der Waals surface area contributed by atoms with Gasteiger partial charge in [-0.2, -0.15) is 0 Å². The van der Waals surface area contributed by atoms with Crippen molar-refractivity contribution < 1.29 is 8.91 Å². The Bertz CT molecular complexity index is 662. The summed E-state index contributed by atoms with van der Waals surface area (Å²) in [5, 5.41) is 7.06. The van der Waals surface area contributed by atoms with Crippen molar-refractivity contribution in [1.82, 2.24) is 5.16 Å². The largest absolute Gasteiger partial charge is 0.354 e. The molecule has 0 unspecified atom stereocenters. The van der Waals surface area contributed by atoms with Gasteiger partial charge in [0.1, 0.15) is 5.82 Å². The molecule has 3 rings (SSSR count). The Kier molecular flexibility index (Phi) is 2.98. The van der Waals surface area contributed by atoms with E-state index in [1.165, 1.54) is 12.1 Å². The molecule has 0 bridgehead atoms. The fourth-order valence-electron chi connectivity index (χ4n) is 1.75. The first-order chi connectivity index (χ1) is 9.31. The first-order valence-corrected chi connectivity index (χ1v) is 5.86. The van der Waals surface area contributed by atoms with Crippen LogP contribution in [0, 0.1) is 5.82 Å². The molecule has 1 aromatic heterocycles. The zero-order valence-electron chi connectivity index (χ0n) is 10.0. The van der Waals surface area contributed by atoms with E-state index in [1.807, 2.05) is 30.3 Å². The van der Waals surface area contributed by atoms with E-state index >= 15 is 0 Å². The van der Waals surface area contributed by atoms with Gasteiger partial charge in [-0.15, -0.1) is 0 Å². The lowest BCUT2D eigenvalue weighted by Gasteiger charge is -1.99. The average molecular weight is 254 g/mol. The minimum atomic E-state index is -0.272. The second-order valence-corrected chi connectivity index (χ2v) is 4.07. The topological polar surface area (TPSA) is 38.1 Å². The first kappa shape index (κ1) is 11.5. The van der Waals surface area contributed by atoms with Gasteiger partial charge in [0, 0.05) is 17.3 Å². The molecule has 1 heterocycles. The van der Waals surface area contributed by atoms with Crippen molar-refractivity contribution in [2.75, 3.05) is 5.32 Å². The summed E-state index contributed by atoms with van der Waals surface area (Å²) < 4.78 is 18.1. The highest BCUT2D eigenvalue weighted by atomic mass is 19.1. The third kappa shape index (κ3) is 2.63. The van der Waals surface area contributed by atoms with E-state index in [2.05, 4.69) is 10.5 Å². The van der Waals surface area contributed by atoms with Crippen molar-refractivity contribution in [3.05, 3.63) is 66.5 Å². The van der Waals surface area contributed by atoms with E-state index in [0.717, 1.165) is 11.3 Å². The number of rotatable bonds is 3. The molecule has 0 aliphatic heterocycles. The Labute approximate surface area is 109 Å². The number of halogens is 1. The molecule has 0 amide bonds. The summed E-state index contributed by atoms with van der Waals surface area (Å²) in [6.07, 6.45) is 0. The lowest BCUT2D eigenvalue weighted by atomic mass is 10.2. The average Bonchev–Trinajstić information content (AvgIpc) is 2.89. The van der Waals surface area contributed by atoms with E-state index in [0.29, 0.717) is 11.6 Å². The smallest absolute Gasteiger partial charge is 0.174 e. The molecule has 0 saturated carbocycles. The van der Waals surface area contributed by atoms with Gasteiger partial charge in [-0.25, -0.2) is 4.39 Å². The molecular formula is C15H11FN2O. The quantitative estimate of drug-likeness (QED) is 0.760. The fourth-order valence-corrected chi connectivity index (χ4v) is 1.75. The van der Waals surface area contributed by atoms with Gasteiger partial charge in [0.25, 0.3) is 0 Å². The predicted octanol–water partition coefficient (Wildman–Crippen LogP) is 4.22. The summed E-state index contributed by atoms with van der Waals surface area (Å²) in [6.45, 7) is 0. The Balaban J connectivity index is 1.82. The summed E-state index contributed by atoms with van der Waals surface area (Å²) in [6, 6.07) is 17.6. The Morgan fingerprint density at radius 2 is 1.68 bits per heavy atom. The summed E-state index contributed by atoms with van der Waals surface area (Å²) in [5.74, 6) is 0.940. The molecule has 94 valence electrons. The SMILES string of the molecule is Fc1ccc(-c2cc(Nc3ccccc3)no2)cc1. The monoisotopic (exact) mass is 254 g/mol. The maximum atomic E-state index is 12.8. The maximum Gasteiger partial charge on any atom is 0.174 e. The van der Waals surface area contributed by atoms with Crippen LogP contribution in [0.3, 0.4) is 0 Å². The molecule has 19 heavy (non-hydrogen) atoms. The van der Waals surface area contributed by atoms with Gasteiger partial charge < -0.3 is 9.84 Å². The number of aromatic nitrogens is 1. The molecule has 0 aliphatic carbocycles. The third-order valence-electron chi connectivity index (χ3n) is 2.69. The highest BCUT2D eigenvalue weighted by Crippen LogP contribution is 2.24. The Morgan fingerprint density at radius 1 is 0.947 bits per heavy atom. The molecule has 0 fully saturated rings. The molecule has 0 radical (unpaired) electrons. The van der Waals surface area contributed by atoms with E-state index < -0.39 is 0 Å². The highest BCUT2D eigenvalue weighted by molar-refractivity contribution is 5.64. The lowest BCUT2D eigenvalue weighted by molar-refractivity contribution is 0.435. The van der Waals surface area contributed by atoms with Crippen LogP contribution in [0.4, 0.5) is 15.9 Å². The van der Waals surface area contributed by atoms with Crippen LogP contribution < -0.4 is 5.32 Å². The predicted molar refractivity (Wildman–Crippen MR) is 71.6 cm³/mol. The van der Waals surface area contributed by atoms with Crippen LogP contribution in [0.5, 0.6) is 0 Å². The van der Waals surface area contributed by atoms with Gasteiger partial charge in [0.15, 0.2) is 11.6 Å². The fraction of sp³-hybridized carbons (Fsp3) is 0. The molecule has 3 aromatic rings. The molecule has 0 aliphatic rings. The molecule has 3 nitrogen and oxygen atoms in total. The normalized spacial score (nSPS) is 10.4. The van der Waals surface area contributed by atoms with Crippen molar-refractivity contribution in [2.45, 2.75) is 0 Å². The van der Waals surface area contributed by atoms with Crippen LogP contribution >= 0.6 is 0 Å². The molecule has 0 spiro atoms. The highest BCUT2D eigenvalue weighted by Gasteiger charge is 2.06. The zero-order chi connectivity index (χ0) is 13.1. The van der Waals surface area contributed by atoms with E-state index in [1.54, 1.807) is 18.2 Å². The summed E-state index contributed by atoms with van der Waals surface area (Å²) in [4.78, 5) is 0. The lowest BCUT2D eigenvalue weighted by Crippen LogP contribution is -1.88. The molecule has 0 atom stereocenters. The Morgan fingerprint density at radius 3 is 2.42 bits per heavy atom. The number of nitrogens with one attached hydrogen (secondary N) is 1. The minimum absolute atomic E-state index is 0.272. The number of nitrogens with zero attached hydrogens (tertiary/aromatic N) is 1. The van der Waals surface area contributed by atoms with Crippen molar-refractivity contribution in [1.29, 1.82) is 0 Å². The van der Waals surface area contributed by atoms with E-state index in [-0.39, 0.29) is 5.82 Å². The maximum absolute atomic E-state index is 12.8. The molecule has 2 aromatic carbocycles. The van der Waals surface area contributed by atoms with Crippen molar-refractivity contribution in [2.24, 2.45) is 0 Å². The first-order valence-electron chi connectivity index (χ1n) is 5.86. The van der Waals surface area contributed by atoms with Crippen LogP contribution in [-0.4, -0.2) is 5.16 Å². The second-order valence-electron chi connectivity index (χ2n) is 4.07. The van der Waals surface area contributed by atoms with Crippen LogP contribution in [0.15, 0.2) is 65.2 Å². The van der Waals surface area contributed by atoms with Crippen LogP contribution in [-0.2, 0) is 0 Å². The van der Waals surface area contributed by atoms with Crippen molar-refractivity contribution in [3.63, 3.8) is 0 Å². The summed E-state index contributed by atoms with van der Waals surface area (Å²) in [7, 11) is 0. The van der Waals surface area contributed by atoms with Gasteiger partial charge in [0.2, 0.25) is 0 Å². The standard InChI is InChI=1S/C15H11FN2O/c16-12-8-6-11(7-9-12)14-10-15(18-19-14)17-13-4-2-1-3-5-13/h1-10H,(H,17,18). The summed E-state index contributed by atoms with van der Waals surface area (Å²) in [5.41, 5.74) is 1.72. The van der Waals surface area contributed by atoms with Gasteiger partial charge in [-0.05, 0) is 36.4 Å². The van der Waals surface area contributed by atoms with Gasteiger partial charge in [-0.1, -0.05) is 23.4 Å². The number of hydrogen-bond acceptors (Lipinski definition) is 3. The van der Waals surface area contributed by atoms with Crippen LogP contribution in [0.2, 0.25) is 0 Å². The van der Waals surface area contributed by atoms with Crippen molar-refractivity contribution in [3.8, 4) is 11.3 Å². The molecule has 1 N–H and O–H groups in total. The van der Waals surface area contributed by atoms with Gasteiger partial charge in [-0.3, -0.25) is 0 Å². The number of anilines is 2. The van der Waals surface area contributed by atoms with E-state index in [4.69, 9.17) is 4.52 Å². The van der Waals surface area contributed by atoms with Gasteiger partial charge >= 0.3 is 0 Å². The summed E-state index contributed by atoms with van der Waals surface area (Å²) >= 11 is 0. The van der Waals surface area contributed by atoms with Gasteiger partial charge in [0.05, 0.1) is 0 Å². The number of para-hydroxylation sites is 1. The van der Waals surface area contributed by atoms with Crippen LogP contribution in [0.1, 0.15) is 0 Å². The van der Waals surface area contributed by atoms with Crippen molar-refractivity contribution >= 4 is 11.5 Å². The molecule has 4 heteroatoms. The van der Waals surface area contributed by atoms with E-state index in [9.17, 15) is 4.39 Å². The number of hydrogen-bond donors (Lipinski definition) is 1. The molecule has 0 saturated heterocycles. The number of benzene rings is 2. The van der Waals surface area contributed by atoms with Crippen LogP contribution in [0.25, 0.3) is 11.3 Å². The second kappa shape index (κ2) is 4.94. The third-order valence-corrected chi connectivity index (χ3v) is 2.69. The zero-order valence-corrected chi connectivity index (χ0v) is 10.0.